The molecule has 4 nitrogen and oxygen atoms in total. The lowest BCUT2D eigenvalue weighted by molar-refractivity contribution is 0.103. The largest absolute Gasteiger partial charge is 0.481 e. The first-order valence-electron chi connectivity index (χ1n) is 6.37. The van der Waals surface area contributed by atoms with Gasteiger partial charge in [-0.05, 0) is 38.0 Å². The summed E-state index contributed by atoms with van der Waals surface area (Å²) in [6.07, 6.45) is 0. The predicted molar refractivity (Wildman–Crippen MR) is 83.9 cm³/mol. The number of carbonyl (C=O) groups is 1. The number of hydrogen-bond donors (Lipinski definition) is 0. The van der Waals surface area contributed by atoms with Crippen LogP contribution in [0.15, 0.2) is 6.07 Å². The van der Waals surface area contributed by atoms with Gasteiger partial charge in [-0.15, -0.1) is 0 Å². The molecule has 0 amide bonds. The van der Waals surface area contributed by atoms with E-state index in [1.807, 2.05) is 6.92 Å². The molecule has 0 fully saturated rings. The number of aryl methyl sites for hydroxylation is 3. The zero-order valence-electron chi connectivity index (χ0n) is 12.5. The minimum absolute atomic E-state index is 0.217. The lowest BCUT2D eigenvalue weighted by Crippen LogP contribution is -2.07. The number of aromatic nitrogens is 2. The maximum Gasteiger partial charge on any atom is 0.223 e. The molecule has 2 aromatic rings. The summed E-state index contributed by atoms with van der Waals surface area (Å²) in [5, 5.41) is 5.16. The molecular formula is C15H16Cl2N2O2. The van der Waals surface area contributed by atoms with Gasteiger partial charge in [0.25, 0.3) is 0 Å². The smallest absolute Gasteiger partial charge is 0.223 e. The molecule has 0 spiro atoms. The summed E-state index contributed by atoms with van der Waals surface area (Å²) >= 11 is 12.5. The van der Waals surface area contributed by atoms with E-state index < -0.39 is 0 Å². The van der Waals surface area contributed by atoms with Crippen LogP contribution >= 0.6 is 23.2 Å². The molecule has 1 aromatic heterocycles. The maximum atomic E-state index is 12.8. The average molecular weight is 327 g/mol. The van der Waals surface area contributed by atoms with E-state index in [-0.39, 0.29) is 5.78 Å². The Morgan fingerprint density at radius 3 is 2.43 bits per heavy atom. The number of ether oxygens (including phenoxy) is 1. The van der Waals surface area contributed by atoms with Crippen LogP contribution < -0.4 is 4.74 Å². The Balaban J connectivity index is 2.67. The van der Waals surface area contributed by atoms with Gasteiger partial charge < -0.3 is 4.74 Å². The van der Waals surface area contributed by atoms with Gasteiger partial charge in [-0.1, -0.05) is 23.2 Å². The number of benzene rings is 1. The molecule has 0 saturated carbocycles. The summed E-state index contributed by atoms with van der Waals surface area (Å²) in [6, 6.07) is 1.70. The van der Waals surface area contributed by atoms with Crippen LogP contribution in [0.2, 0.25) is 10.0 Å². The van der Waals surface area contributed by atoms with Crippen LogP contribution in [0, 0.1) is 20.8 Å². The lowest BCUT2D eigenvalue weighted by atomic mass is 9.99. The molecule has 0 N–H and O–H groups in total. The molecule has 21 heavy (non-hydrogen) atoms. The van der Waals surface area contributed by atoms with Gasteiger partial charge in [0.15, 0.2) is 0 Å². The number of hydrogen-bond acceptors (Lipinski definition) is 3. The third-order valence-corrected chi connectivity index (χ3v) is 4.51. The van der Waals surface area contributed by atoms with Crippen LogP contribution in [0.1, 0.15) is 32.7 Å². The maximum absolute atomic E-state index is 12.8. The number of methoxy groups -OCH3 is 1. The molecule has 0 radical (unpaired) electrons. The van der Waals surface area contributed by atoms with Crippen LogP contribution in [0.25, 0.3) is 0 Å². The molecule has 112 valence electrons. The van der Waals surface area contributed by atoms with Crippen LogP contribution in [0.3, 0.4) is 0 Å². The first-order valence-corrected chi connectivity index (χ1v) is 7.12. The van der Waals surface area contributed by atoms with Gasteiger partial charge in [0, 0.05) is 17.6 Å². The fourth-order valence-corrected chi connectivity index (χ4v) is 2.80. The van der Waals surface area contributed by atoms with E-state index in [1.54, 1.807) is 27.0 Å². The third-order valence-electron chi connectivity index (χ3n) is 3.44. The van der Waals surface area contributed by atoms with Crippen molar-refractivity contribution in [2.24, 2.45) is 7.05 Å². The highest BCUT2D eigenvalue weighted by Gasteiger charge is 2.25. The Bertz CT molecular complexity index is 736. The zero-order chi connectivity index (χ0) is 15.9. The first-order chi connectivity index (χ1) is 9.79. The SMILES string of the molecule is COc1c(C(=O)c2cc(C)c(Cl)c(C)c2Cl)c(C)nn1C. The second kappa shape index (κ2) is 5.70. The van der Waals surface area contributed by atoms with Crippen molar-refractivity contribution in [1.82, 2.24) is 9.78 Å². The zero-order valence-corrected chi connectivity index (χ0v) is 14.1. The van der Waals surface area contributed by atoms with Crippen molar-refractivity contribution in [3.63, 3.8) is 0 Å². The molecule has 0 atom stereocenters. The number of carbonyl (C=O) groups excluding carboxylic acids is 1. The van der Waals surface area contributed by atoms with Gasteiger partial charge in [-0.2, -0.15) is 5.10 Å². The van der Waals surface area contributed by atoms with Crippen LogP contribution in [0.5, 0.6) is 5.88 Å². The normalized spacial score (nSPS) is 10.8. The summed E-state index contributed by atoms with van der Waals surface area (Å²) in [7, 11) is 3.23. The van der Waals surface area contributed by atoms with Gasteiger partial charge in [0.2, 0.25) is 11.7 Å². The summed E-state index contributed by atoms with van der Waals surface area (Å²) < 4.78 is 6.81. The highest BCUT2D eigenvalue weighted by Crippen LogP contribution is 2.34. The van der Waals surface area contributed by atoms with Crippen molar-refractivity contribution < 1.29 is 9.53 Å². The van der Waals surface area contributed by atoms with Crippen molar-refractivity contribution in [2.45, 2.75) is 20.8 Å². The quantitative estimate of drug-likeness (QED) is 0.803. The number of ketones is 1. The van der Waals surface area contributed by atoms with E-state index in [4.69, 9.17) is 27.9 Å². The summed E-state index contributed by atoms with van der Waals surface area (Å²) in [5.41, 5.74) is 2.93. The summed E-state index contributed by atoms with van der Waals surface area (Å²) in [4.78, 5) is 12.8. The number of nitrogens with zero attached hydrogens (tertiary/aromatic N) is 2. The number of halogens is 2. The van der Waals surface area contributed by atoms with Gasteiger partial charge in [0.05, 0.1) is 17.8 Å². The fourth-order valence-electron chi connectivity index (χ4n) is 2.37. The minimum atomic E-state index is -0.217. The highest BCUT2D eigenvalue weighted by molar-refractivity contribution is 6.39. The second-order valence-corrected chi connectivity index (χ2v) is 5.67. The molecule has 6 heteroatoms. The van der Waals surface area contributed by atoms with E-state index in [0.717, 1.165) is 5.56 Å². The summed E-state index contributed by atoms with van der Waals surface area (Å²) in [5.74, 6) is 0.198. The van der Waals surface area contributed by atoms with Crippen LogP contribution in [-0.4, -0.2) is 22.7 Å². The monoisotopic (exact) mass is 326 g/mol. The molecule has 1 heterocycles. The van der Waals surface area contributed by atoms with E-state index in [2.05, 4.69) is 5.10 Å². The molecular weight excluding hydrogens is 311 g/mol. The van der Waals surface area contributed by atoms with Crippen molar-refractivity contribution in [2.75, 3.05) is 7.11 Å². The Labute approximate surface area is 133 Å². The molecule has 2 rings (SSSR count). The molecule has 0 bridgehead atoms. The first kappa shape index (κ1) is 15.9. The van der Waals surface area contributed by atoms with Crippen molar-refractivity contribution >= 4 is 29.0 Å². The summed E-state index contributed by atoms with van der Waals surface area (Å²) in [6.45, 7) is 5.40. The Hall–Kier alpha value is -1.52. The Morgan fingerprint density at radius 2 is 1.86 bits per heavy atom. The van der Waals surface area contributed by atoms with Crippen molar-refractivity contribution in [3.8, 4) is 5.88 Å². The lowest BCUT2D eigenvalue weighted by Gasteiger charge is -2.11. The Morgan fingerprint density at radius 1 is 1.24 bits per heavy atom. The standard InChI is InChI=1S/C15H16Cl2N2O2/c1-7-6-10(13(17)8(2)12(7)16)14(20)11-9(3)18-19(4)15(11)21-5/h6H,1-5H3. The predicted octanol–water partition coefficient (Wildman–Crippen LogP) is 3.89. The molecule has 0 saturated heterocycles. The Kier molecular flexibility index (Phi) is 4.30. The second-order valence-electron chi connectivity index (χ2n) is 4.92. The van der Waals surface area contributed by atoms with Gasteiger partial charge in [0.1, 0.15) is 5.56 Å². The average Bonchev–Trinajstić information content (AvgIpc) is 2.73. The third kappa shape index (κ3) is 2.54. The van der Waals surface area contributed by atoms with E-state index in [9.17, 15) is 4.79 Å². The molecule has 0 aliphatic rings. The van der Waals surface area contributed by atoms with E-state index in [1.165, 1.54) is 11.8 Å². The molecule has 0 aliphatic heterocycles. The highest BCUT2D eigenvalue weighted by atomic mass is 35.5. The van der Waals surface area contributed by atoms with Gasteiger partial charge >= 0.3 is 0 Å². The van der Waals surface area contributed by atoms with Crippen molar-refractivity contribution in [1.29, 1.82) is 0 Å². The number of rotatable bonds is 3. The minimum Gasteiger partial charge on any atom is -0.481 e. The van der Waals surface area contributed by atoms with Crippen molar-refractivity contribution in [3.05, 3.63) is 44.1 Å². The van der Waals surface area contributed by atoms with E-state index in [0.29, 0.717) is 38.3 Å². The molecule has 0 unspecified atom stereocenters. The van der Waals surface area contributed by atoms with Crippen LogP contribution in [0.4, 0.5) is 0 Å². The fraction of sp³-hybridized carbons (Fsp3) is 0.333. The molecule has 1 aromatic carbocycles. The van der Waals surface area contributed by atoms with Gasteiger partial charge in [-0.25, -0.2) is 4.68 Å². The van der Waals surface area contributed by atoms with E-state index >= 15 is 0 Å². The molecule has 0 aliphatic carbocycles. The van der Waals surface area contributed by atoms with Crippen LogP contribution in [-0.2, 0) is 7.05 Å². The van der Waals surface area contributed by atoms with Gasteiger partial charge in [-0.3, -0.25) is 4.79 Å². The topological polar surface area (TPSA) is 44.1 Å².